The van der Waals surface area contributed by atoms with E-state index in [1.807, 2.05) is 0 Å². The Morgan fingerprint density at radius 1 is 0.400 bits per heavy atom. The Balaban J connectivity index is 4.80. The molecule has 0 aromatic heterocycles. The molecular weight excluding hydrogens is 408 g/mol. The Bertz CT molecular complexity index is 315. The molecule has 6 heteroatoms. The topological polar surface area (TPSA) is 36.9 Å². The van der Waals surface area contributed by atoms with Crippen LogP contribution < -0.4 is 0 Å². The summed E-state index contributed by atoms with van der Waals surface area (Å²) in [6, 6.07) is 4.32. The molecular formula is C24H54O4Si2. The van der Waals surface area contributed by atoms with E-state index < -0.39 is 17.1 Å². The first-order valence-corrected chi connectivity index (χ1v) is 17.6. The summed E-state index contributed by atoms with van der Waals surface area (Å²) in [7, 11) is -4.16. The first-order valence-electron chi connectivity index (χ1n) is 13.1. The smallest absolute Gasteiger partial charge is 0.337 e. The molecule has 0 bridgehead atoms. The SMILES string of the molecule is CCCCO[Si](CC)(CCCC[Si](CC)(OCCCC)OCCCC)OCCCC. The highest BCUT2D eigenvalue weighted by Gasteiger charge is 2.37. The minimum absolute atomic E-state index is 0.858. The van der Waals surface area contributed by atoms with Crippen molar-refractivity contribution >= 4 is 17.1 Å². The molecule has 0 spiro atoms. The van der Waals surface area contributed by atoms with Crippen LogP contribution in [0.4, 0.5) is 0 Å². The van der Waals surface area contributed by atoms with Gasteiger partial charge >= 0.3 is 17.1 Å². The standard InChI is InChI=1S/C24H54O4Si2/c1-7-13-19-25-29(11-5,26-20-14-8-2)23-17-18-24-30(12-6,27-21-15-9-3)28-22-16-10-4/h7-24H2,1-6H3. The summed E-state index contributed by atoms with van der Waals surface area (Å²) in [5.74, 6) is 0. The lowest BCUT2D eigenvalue weighted by atomic mass is 10.4. The van der Waals surface area contributed by atoms with Crippen LogP contribution in [0.3, 0.4) is 0 Å². The molecule has 0 heterocycles. The highest BCUT2D eigenvalue weighted by atomic mass is 28.4. The third-order valence-corrected chi connectivity index (χ3v) is 13.2. The number of hydrogen-bond acceptors (Lipinski definition) is 4. The van der Waals surface area contributed by atoms with Gasteiger partial charge in [-0.15, -0.1) is 0 Å². The zero-order chi connectivity index (χ0) is 22.6. The molecule has 0 saturated carbocycles. The summed E-state index contributed by atoms with van der Waals surface area (Å²) in [6.07, 6.45) is 11.6. The summed E-state index contributed by atoms with van der Waals surface area (Å²) in [4.78, 5) is 0. The van der Waals surface area contributed by atoms with Gasteiger partial charge in [-0.2, -0.15) is 0 Å². The Morgan fingerprint density at radius 2 is 0.667 bits per heavy atom. The average Bonchev–Trinajstić information content (AvgIpc) is 2.76. The molecule has 0 fully saturated rings. The summed E-state index contributed by atoms with van der Waals surface area (Å²) in [5.41, 5.74) is 0. The zero-order valence-corrected chi connectivity index (χ0v) is 23.4. The summed E-state index contributed by atoms with van der Waals surface area (Å²) < 4.78 is 25.8. The van der Waals surface area contributed by atoms with Crippen LogP contribution in [-0.2, 0) is 17.7 Å². The van der Waals surface area contributed by atoms with Gasteiger partial charge in [0.15, 0.2) is 0 Å². The Labute approximate surface area is 191 Å². The van der Waals surface area contributed by atoms with Gasteiger partial charge < -0.3 is 17.7 Å². The molecule has 4 nitrogen and oxygen atoms in total. The van der Waals surface area contributed by atoms with E-state index in [0.29, 0.717) is 0 Å². The van der Waals surface area contributed by atoms with Crippen LogP contribution in [0, 0.1) is 0 Å². The minimum Gasteiger partial charge on any atom is -0.394 e. The maximum absolute atomic E-state index is 6.45. The molecule has 0 rings (SSSR count). The molecule has 182 valence electrons. The third-order valence-electron chi connectivity index (χ3n) is 5.89. The van der Waals surface area contributed by atoms with Gasteiger partial charge in [0.1, 0.15) is 0 Å². The zero-order valence-electron chi connectivity index (χ0n) is 21.4. The molecule has 0 saturated heterocycles. The number of hydrogen-bond donors (Lipinski definition) is 0. The molecule has 0 aliphatic heterocycles. The number of rotatable bonds is 23. The van der Waals surface area contributed by atoms with Gasteiger partial charge in [-0.25, -0.2) is 0 Å². The number of unbranched alkanes of at least 4 members (excludes halogenated alkanes) is 5. The lowest BCUT2D eigenvalue weighted by Gasteiger charge is -2.32. The van der Waals surface area contributed by atoms with Gasteiger partial charge in [0, 0.05) is 26.4 Å². The summed E-state index contributed by atoms with van der Waals surface area (Å²) in [6.45, 7) is 16.9. The quantitative estimate of drug-likeness (QED) is 0.114. The first kappa shape index (κ1) is 30.3. The average molecular weight is 463 g/mol. The molecule has 0 aromatic rings. The van der Waals surface area contributed by atoms with Crippen molar-refractivity contribution < 1.29 is 17.7 Å². The van der Waals surface area contributed by atoms with Crippen molar-refractivity contribution in [3.63, 3.8) is 0 Å². The highest BCUT2D eigenvalue weighted by molar-refractivity contribution is 6.68. The molecule has 0 N–H and O–H groups in total. The predicted octanol–water partition coefficient (Wildman–Crippen LogP) is 7.96. The van der Waals surface area contributed by atoms with E-state index >= 15 is 0 Å². The fourth-order valence-electron chi connectivity index (χ4n) is 3.53. The normalized spacial score (nSPS) is 12.6. The lowest BCUT2D eigenvalue weighted by molar-refractivity contribution is 0.159. The van der Waals surface area contributed by atoms with Gasteiger partial charge in [0.25, 0.3) is 0 Å². The van der Waals surface area contributed by atoms with E-state index in [2.05, 4.69) is 41.5 Å². The summed E-state index contributed by atoms with van der Waals surface area (Å²) >= 11 is 0. The van der Waals surface area contributed by atoms with Crippen LogP contribution in [0.5, 0.6) is 0 Å². The van der Waals surface area contributed by atoms with Gasteiger partial charge in [0.05, 0.1) is 0 Å². The van der Waals surface area contributed by atoms with Crippen molar-refractivity contribution in [2.24, 2.45) is 0 Å². The largest absolute Gasteiger partial charge is 0.394 e. The molecule has 0 amide bonds. The first-order chi connectivity index (χ1) is 14.6. The molecule has 0 radical (unpaired) electrons. The second-order valence-electron chi connectivity index (χ2n) is 8.54. The van der Waals surface area contributed by atoms with E-state index in [1.165, 1.54) is 38.5 Å². The maximum Gasteiger partial charge on any atom is 0.337 e. The summed E-state index contributed by atoms with van der Waals surface area (Å²) in [5, 5.41) is 0. The molecule has 0 aliphatic rings. The van der Waals surface area contributed by atoms with Crippen molar-refractivity contribution in [3.8, 4) is 0 Å². The van der Waals surface area contributed by atoms with E-state index in [1.54, 1.807) is 0 Å². The van der Waals surface area contributed by atoms with Crippen molar-refractivity contribution in [2.75, 3.05) is 26.4 Å². The van der Waals surface area contributed by atoms with Gasteiger partial charge in [-0.05, 0) is 49.9 Å². The third kappa shape index (κ3) is 13.6. The minimum atomic E-state index is -2.08. The van der Waals surface area contributed by atoms with Crippen LogP contribution in [0.25, 0.3) is 0 Å². The van der Waals surface area contributed by atoms with Crippen LogP contribution in [-0.4, -0.2) is 43.5 Å². The van der Waals surface area contributed by atoms with Crippen molar-refractivity contribution in [3.05, 3.63) is 0 Å². The van der Waals surface area contributed by atoms with Gasteiger partial charge in [-0.1, -0.05) is 80.1 Å². The van der Waals surface area contributed by atoms with Crippen molar-refractivity contribution in [1.82, 2.24) is 0 Å². The fraction of sp³-hybridized carbons (Fsp3) is 1.00. The Kier molecular flexibility index (Phi) is 20.1. The van der Waals surface area contributed by atoms with Gasteiger partial charge in [-0.3, -0.25) is 0 Å². The molecule has 0 aromatic carbocycles. The molecule has 30 heavy (non-hydrogen) atoms. The van der Waals surface area contributed by atoms with Gasteiger partial charge in [0.2, 0.25) is 0 Å². The Hall–Kier alpha value is 0.274. The predicted molar refractivity (Wildman–Crippen MR) is 135 cm³/mol. The second-order valence-corrected chi connectivity index (χ2v) is 15.8. The van der Waals surface area contributed by atoms with Crippen molar-refractivity contribution in [2.45, 2.75) is 130 Å². The molecule has 0 unspecified atom stereocenters. The fourth-order valence-corrected chi connectivity index (χ4v) is 9.44. The second kappa shape index (κ2) is 19.9. The monoisotopic (exact) mass is 462 g/mol. The molecule has 0 atom stereocenters. The van der Waals surface area contributed by atoms with E-state index in [4.69, 9.17) is 17.7 Å². The van der Waals surface area contributed by atoms with E-state index in [-0.39, 0.29) is 0 Å². The van der Waals surface area contributed by atoms with Crippen LogP contribution in [0.15, 0.2) is 0 Å². The highest BCUT2D eigenvalue weighted by Crippen LogP contribution is 2.28. The van der Waals surface area contributed by atoms with Crippen LogP contribution in [0.2, 0.25) is 24.2 Å². The van der Waals surface area contributed by atoms with E-state index in [0.717, 1.165) is 76.3 Å². The Morgan fingerprint density at radius 3 is 0.867 bits per heavy atom. The molecule has 0 aliphatic carbocycles. The van der Waals surface area contributed by atoms with E-state index in [9.17, 15) is 0 Å². The lowest BCUT2D eigenvalue weighted by Crippen LogP contribution is -2.43. The van der Waals surface area contributed by atoms with Crippen LogP contribution in [0.1, 0.15) is 106 Å². The van der Waals surface area contributed by atoms with Crippen LogP contribution >= 0.6 is 0 Å². The van der Waals surface area contributed by atoms with Crippen molar-refractivity contribution in [1.29, 1.82) is 0 Å². The maximum atomic E-state index is 6.45.